The van der Waals surface area contributed by atoms with E-state index in [0.717, 1.165) is 31.2 Å². The number of rotatable bonds is 9. The number of ether oxygens (including phenoxy) is 1. The Morgan fingerprint density at radius 3 is 2.59 bits per heavy atom. The quantitative estimate of drug-likeness (QED) is 0.558. The molecule has 1 aromatic carbocycles. The molecule has 184 valence electrons. The summed E-state index contributed by atoms with van der Waals surface area (Å²) >= 11 is 0. The second-order valence-electron chi connectivity index (χ2n) is 9.26. The lowest BCUT2D eigenvalue weighted by Crippen LogP contribution is -2.51. The van der Waals surface area contributed by atoms with Crippen molar-refractivity contribution in [1.82, 2.24) is 15.4 Å². The Balaban J connectivity index is 1.37. The molecule has 1 saturated carbocycles. The largest absolute Gasteiger partial charge is 0.378 e. The molecule has 2 heterocycles. The number of nitrogens with zero attached hydrogens (tertiary/aromatic N) is 3. The Morgan fingerprint density at radius 2 is 1.85 bits per heavy atom. The van der Waals surface area contributed by atoms with Crippen molar-refractivity contribution < 1.29 is 24.0 Å². The zero-order valence-corrected chi connectivity index (χ0v) is 19.6. The fraction of sp³-hybridized carbons (Fsp3) is 0.600. The Bertz CT molecular complexity index is 865. The van der Waals surface area contributed by atoms with Crippen LogP contribution in [-0.2, 0) is 30.6 Å². The van der Waals surface area contributed by atoms with Crippen LogP contribution in [0.15, 0.2) is 35.4 Å². The van der Waals surface area contributed by atoms with Gasteiger partial charge in [0.15, 0.2) is 0 Å². The first kappa shape index (κ1) is 24.3. The summed E-state index contributed by atoms with van der Waals surface area (Å²) in [6, 6.07) is 8.91. The van der Waals surface area contributed by atoms with Gasteiger partial charge in [-0.2, -0.15) is 5.10 Å². The number of hydrogen-bond donors (Lipinski definition) is 1. The molecular weight excluding hydrogens is 436 g/mol. The standard InChI is InChI=1S/C25H34N4O5/c30-23(27-34-18-20-8-2-1-3-9-20)17-21(16-19-6-4-5-7-19)24(31)29-22(10-11-26-29)25(32)28-12-14-33-15-13-28/h1-3,8-9,11,19,21-22H,4-7,10,12-18H2,(H,27,30)/t21-,22+/m1/s1. The molecule has 1 N–H and O–H groups in total. The maximum Gasteiger partial charge on any atom is 0.248 e. The van der Waals surface area contributed by atoms with Crippen LogP contribution in [0.5, 0.6) is 0 Å². The van der Waals surface area contributed by atoms with Gasteiger partial charge in [0, 0.05) is 38.1 Å². The Kier molecular flexibility index (Phi) is 8.65. The van der Waals surface area contributed by atoms with Gasteiger partial charge in [0.25, 0.3) is 0 Å². The molecule has 4 rings (SSSR count). The number of carbonyl (C=O) groups excluding carboxylic acids is 3. The van der Waals surface area contributed by atoms with E-state index < -0.39 is 12.0 Å². The van der Waals surface area contributed by atoms with Crippen molar-refractivity contribution in [2.45, 2.75) is 57.6 Å². The summed E-state index contributed by atoms with van der Waals surface area (Å²) in [6.45, 7) is 2.29. The van der Waals surface area contributed by atoms with Crippen LogP contribution in [0.25, 0.3) is 0 Å². The van der Waals surface area contributed by atoms with Gasteiger partial charge in [-0.25, -0.2) is 10.5 Å². The van der Waals surface area contributed by atoms with E-state index in [1.54, 1.807) is 11.1 Å². The average molecular weight is 471 g/mol. The molecule has 2 atom stereocenters. The summed E-state index contributed by atoms with van der Waals surface area (Å²) in [6.07, 6.45) is 7.08. The van der Waals surface area contributed by atoms with Crippen molar-refractivity contribution in [2.24, 2.45) is 16.9 Å². The molecule has 1 saturated heterocycles. The minimum Gasteiger partial charge on any atom is -0.378 e. The molecule has 0 spiro atoms. The molecule has 9 heteroatoms. The average Bonchev–Trinajstić information content (AvgIpc) is 3.56. The normalized spacial score (nSPS) is 21.6. The summed E-state index contributed by atoms with van der Waals surface area (Å²) in [5, 5.41) is 5.57. The summed E-state index contributed by atoms with van der Waals surface area (Å²) in [5.74, 6) is -0.841. The number of hydroxylamine groups is 1. The minimum absolute atomic E-state index is 0.00854. The van der Waals surface area contributed by atoms with Crippen molar-refractivity contribution in [3.63, 3.8) is 0 Å². The molecule has 1 aromatic rings. The monoisotopic (exact) mass is 470 g/mol. The number of amides is 3. The molecule has 0 radical (unpaired) electrons. The van der Waals surface area contributed by atoms with E-state index >= 15 is 0 Å². The van der Waals surface area contributed by atoms with Crippen LogP contribution < -0.4 is 5.48 Å². The molecule has 34 heavy (non-hydrogen) atoms. The van der Waals surface area contributed by atoms with Crippen molar-refractivity contribution in [3.05, 3.63) is 35.9 Å². The zero-order valence-electron chi connectivity index (χ0n) is 19.6. The van der Waals surface area contributed by atoms with E-state index in [4.69, 9.17) is 9.57 Å². The lowest BCUT2D eigenvalue weighted by molar-refractivity contribution is -0.151. The van der Waals surface area contributed by atoms with Gasteiger partial charge < -0.3 is 9.64 Å². The van der Waals surface area contributed by atoms with Gasteiger partial charge in [-0.15, -0.1) is 0 Å². The van der Waals surface area contributed by atoms with E-state index in [-0.39, 0.29) is 30.7 Å². The molecule has 9 nitrogen and oxygen atoms in total. The fourth-order valence-corrected chi connectivity index (χ4v) is 4.97. The van der Waals surface area contributed by atoms with E-state index in [9.17, 15) is 14.4 Å². The minimum atomic E-state index is -0.644. The predicted octanol–water partition coefficient (Wildman–Crippen LogP) is 2.27. The van der Waals surface area contributed by atoms with E-state index in [0.29, 0.717) is 45.1 Å². The molecule has 0 bridgehead atoms. The van der Waals surface area contributed by atoms with Crippen LogP contribution in [-0.4, -0.2) is 66.2 Å². The van der Waals surface area contributed by atoms with Gasteiger partial charge in [0.1, 0.15) is 6.04 Å². The lowest BCUT2D eigenvalue weighted by atomic mass is 9.89. The first-order chi connectivity index (χ1) is 16.6. The van der Waals surface area contributed by atoms with Crippen molar-refractivity contribution in [2.75, 3.05) is 26.3 Å². The number of carbonyl (C=O) groups is 3. The third-order valence-corrected chi connectivity index (χ3v) is 6.80. The third kappa shape index (κ3) is 6.42. The van der Waals surface area contributed by atoms with Crippen LogP contribution in [0.1, 0.15) is 50.5 Å². The van der Waals surface area contributed by atoms with Crippen molar-refractivity contribution in [1.29, 1.82) is 0 Å². The first-order valence-electron chi connectivity index (χ1n) is 12.3. The summed E-state index contributed by atoms with van der Waals surface area (Å²) in [7, 11) is 0. The van der Waals surface area contributed by atoms with E-state index in [1.165, 1.54) is 5.01 Å². The number of hydrogen-bond acceptors (Lipinski definition) is 6. The van der Waals surface area contributed by atoms with Crippen molar-refractivity contribution >= 4 is 23.9 Å². The Hall–Kier alpha value is -2.78. The predicted molar refractivity (Wildman–Crippen MR) is 125 cm³/mol. The smallest absolute Gasteiger partial charge is 0.248 e. The van der Waals surface area contributed by atoms with Gasteiger partial charge >= 0.3 is 0 Å². The van der Waals surface area contributed by atoms with Crippen LogP contribution in [0, 0.1) is 11.8 Å². The maximum atomic E-state index is 13.6. The highest BCUT2D eigenvalue weighted by atomic mass is 16.6. The zero-order chi connectivity index (χ0) is 23.8. The van der Waals surface area contributed by atoms with Crippen LogP contribution >= 0.6 is 0 Å². The molecule has 1 aliphatic carbocycles. The molecule has 0 aromatic heterocycles. The van der Waals surface area contributed by atoms with Gasteiger partial charge in [-0.1, -0.05) is 56.0 Å². The van der Waals surface area contributed by atoms with Gasteiger partial charge in [-0.05, 0) is 17.9 Å². The molecule has 3 aliphatic rings. The van der Waals surface area contributed by atoms with Gasteiger partial charge in [0.05, 0.1) is 19.8 Å². The number of morpholine rings is 1. The summed E-state index contributed by atoms with van der Waals surface area (Å²) < 4.78 is 5.34. The Morgan fingerprint density at radius 1 is 1.12 bits per heavy atom. The highest BCUT2D eigenvalue weighted by Crippen LogP contribution is 2.33. The first-order valence-corrected chi connectivity index (χ1v) is 12.3. The van der Waals surface area contributed by atoms with E-state index in [1.807, 2.05) is 30.3 Å². The number of benzene rings is 1. The van der Waals surface area contributed by atoms with Crippen LogP contribution in [0.2, 0.25) is 0 Å². The molecule has 0 unspecified atom stereocenters. The third-order valence-electron chi connectivity index (χ3n) is 6.80. The second-order valence-corrected chi connectivity index (χ2v) is 9.26. The maximum absolute atomic E-state index is 13.6. The summed E-state index contributed by atoms with van der Waals surface area (Å²) in [4.78, 5) is 46.4. The lowest BCUT2D eigenvalue weighted by Gasteiger charge is -2.32. The van der Waals surface area contributed by atoms with Crippen LogP contribution in [0.3, 0.4) is 0 Å². The Labute approximate surface area is 200 Å². The molecule has 2 aliphatic heterocycles. The van der Waals surface area contributed by atoms with E-state index in [2.05, 4.69) is 10.6 Å². The SMILES string of the molecule is O=C(C[C@@H](CC1CCCC1)C(=O)N1N=CC[C@H]1C(=O)N1CCOCC1)NOCc1ccccc1. The topological polar surface area (TPSA) is 101 Å². The van der Waals surface area contributed by atoms with Gasteiger partial charge in [0.2, 0.25) is 17.7 Å². The molecular formula is C25H34N4O5. The van der Waals surface area contributed by atoms with Gasteiger partial charge in [-0.3, -0.25) is 19.2 Å². The summed E-state index contributed by atoms with van der Waals surface area (Å²) in [5.41, 5.74) is 3.42. The fourth-order valence-electron chi connectivity index (χ4n) is 4.97. The second kappa shape index (κ2) is 12.1. The molecule has 3 amide bonds. The van der Waals surface area contributed by atoms with Crippen LogP contribution in [0.4, 0.5) is 0 Å². The molecule has 2 fully saturated rings. The highest BCUT2D eigenvalue weighted by Gasteiger charge is 2.40. The number of hydrazone groups is 1. The van der Waals surface area contributed by atoms with Crippen molar-refractivity contribution in [3.8, 4) is 0 Å². The number of nitrogens with one attached hydrogen (secondary N) is 1. The highest BCUT2D eigenvalue weighted by molar-refractivity contribution is 5.93.